The number of thiophene rings is 1. The van der Waals surface area contributed by atoms with Gasteiger partial charge < -0.3 is 10.8 Å². The van der Waals surface area contributed by atoms with E-state index in [0.717, 1.165) is 15.6 Å². The first-order valence-electron chi connectivity index (χ1n) is 4.11. The van der Waals surface area contributed by atoms with Gasteiger partial charge in [0.2, 0.25) is 0 Å². The fourth-order valence-corrected chi connectivity index (χ4v) is 2.59. The van der Waals surface area contributed by atoms with E-state index in [9.17, 15) is 4.79 Å². The van der Waals surface area contributed by atoms with Gasteiger partial charge in [-0.3, -0.25) is 0 Å². The van der Waals surface area contributed by atoms with Gasteiger partial charge in [0.05, 0.1) is 10.3 Å². The number of carbonyl (C=O) groups is 1. The van der Waals surface area contributed by atoms with Crippen molar-refractivity contribution in [1.82, 2.24) is 0 Å². The lowest BCUT2D eigenvalue weighted by Gasteiger charge is -2.01. The van der Waals surface area contributed by atoms with Crippen molar-refractivity contribution in [3.63, 3.8) is 0 Å². The minimum absolute atomic E-state index is 0.326. The SMILES string of the molecule is Cc1csc2c(C(=O)O)ccc(N)c12. The molecule has 4 heteroatoms. The van der Waals surface area contributed by atoms with Gasteiger partial charge in [0.25, 0.3) is 0 Å². The Morgan fingerprint density at radius 3 is 2.86 bits per heavy atom. The highest BCUT2D eigenvalue weighted by Crippen LogP contribution is 2.32. The molecular formula is C10H9NO2S. The molecular weight excluding hydrogens is 198 g/mol. The van der Waals surface area contributed by atoms with E-state index in [1.807, 2.05) is 12.3 Å². The maximum absolute atomic E-state index is 10.9. The summed E-state index contributed by atoms with van der Waals surface area (Å²) in [5.41, 5.74) is 7.79. The highest BCUT2D eigenvalue weighted by molar-refractivity contribution is 7.17. The average Bonchev–Trinajstić information content (AvgIpc) is 2.49. The van der Waals surface area contributed by atoms with Crippen LogP contribution in [0.5, 0.6) is 0 Å². The van der Waals surface area contributed by atoms with Crippen molar-refractivity contribution in [3.8, 4) is 0 Å². The average molecular weight is 207 g/mol. The van der Waals surface area contributed by atoms with Crippen LogP contribution in [0.4, 0.5) is 5.69 Å². The zero-order chi connectivity index (χ0) is 10.3. The van der Waals surface area contributed by atoms with Gasteiger partial charge in [-0.05, 0) is 30.0 Å². The molecule has 0 saturated carbocycles. The van der Waals surface area contributed by atoms with Crippen LogP contribution in [-0.2, 0) is 0 Å². The van der Waals surface area contributed by atoms with E-state index in [2.05, 4.69) is 0 Å². The molecule has 0 amide bonds. The third kappa shape index (κ3) is 1.15. The zero-order valence-corrected chi connectivity index (χ0v) is 8.39. The molecule has 0 aliphatic heterocycles. The quantitative estimate of drug-likeness (QED) is 0.706. The van der Waals surface area contributed by atoms with Crippen molar-refractivity contribution in [2.24, 2.45) is 0 Å². The molecule has 3 N–H and O–H groups in total. The van der Waals surface area contributed by atoms with Crippen LogP contribution in [0.15, 0.2) is 17.5 Å². The molecule has 0 saturated heterocycles. The minimum atomic E-state index is -0.906. The zero-order valence-electron chi connectivity index (χ0n) is 7.57. The lowest BCUT2D eigenvalue weighted by molar-refractivity contribution is 0.0699. The molecule has 0 aliphatic carbocycles. The first kappa shape index (κ1) is 9.02. The van der Waals surface area contributed by atoms with E-state index in [1.54, 1.807) is 12.1 Å². The number of benzene rings is 1. The number of fused-ring (bicyclic) bond motifs is 1. The number of rotatable bonds is 1. The summed E-state index contributed by atoms with van der Waals surface area (Å²) in [5, 5.41) is 11.7. The second-order valence-electron chi connectivity index (χ2n) is 3.13. The third-order valence-corrected chi connectivity index (χ3v) is 3.30. The highest BCUT2D eigenvalue weighted by Gasteiger charge is 2.12. The number of carboxylic acids is 1. The van der Waals surface area contributed by atoms with E-state index in [1.165, 1.54) is 11.3 Å². The number of hydrogen-bond donors (Lipinski definition) is 2. The summed E-state index contributed by atoms with van der Waals surface area (Å²) in [7, 11) is 0. The third-order valence-electron chi connectivity index (χ3n) is 2.17. The Labute approximate surface area is 84.8 Å². The van der Waals surface area contributed by atoms with Crippen LogP contribution in [0, 0.1) is 6.92 Å². The second kappa shape index (κ2) is 2.99. The summed E-state index contributed by atoms with van der Waals surface area (Å²) < 4.78 is 0.759. The van der Waals surface area contributed by atoms with E-state index < -0.39 is 5.97 Å². The molecule has 0 fully saturated rings. The van der Waals surface area contributed by atoms with Gasteiger partial charge >= 0.3 is 5.97 Å². The molecule has 14 heavy (non-hydrogen) atoms. The van der Waals surface area contributed by atoms with Crippen LogP contribution in [0.2, 0.25) is 0 Å². The molecule has 1 heterocycles. The smallest absolute Gasteiger partial charge is 0.337 e. The van der Waals surface area contributed by atoms with Crippen LogP contribution in [-0.4, -0.2) is 11.1 Å². The molecule has 2 rings (SSSR count). The van der Waals surface area contributed by atoms with Gasteiger partial charge in [0.1, 0.15) is 0 Å². The predicted octanol–water partition coefficient (Wildman–Crippen LogP) is 2.49. The van der Waals surface area contributed by atoms with Gasteiger partial charge in [0, 0.05) is 11.1 Å². The number of anilines is 1. The van der Waals surface area contributed by atoms with Gasteiger partial charge in [0.15, 0.2) is 0 Å². The largest absolute Gasteiger partial charge is 0.478 e. The van der Waals surface area contributed by atoms with Crippen molar-refractivity contribution in [2.45, 2.75) is 6.92 Å². The van der Waals surface area contributed by atoms with Crippen LogP contribution in [0.25, 0.3) is 10.1 Å². The molecule has 0 atom stereocenters. The Morgan fingerprint density at radius 2 is 2.21 bits per heavy atom. The van der Waals surface area contributed by atoms with E-state index >= 15 is 0 Å². The van der Waals surface area contributed by atoms with Crippen LogP contribution >= 0.6 is 11.3 Å². The van der Waals surface area contributed by atoms with Gasteiger partial charge in [-0.1, -0.05) is 0 Å². The Bertz CT molecular complexity index is 516. The molecule has 1 aromatic heterocycles. The van der Waals surface area contributed by atoms with E-state index in [0.29, 0.717) is 11.3 Å². The van der Waals surface area contributed by atoms with Crippen molar-refractivity contribution < 1.29 is 9.90 Å². The van der Waals surface area contributed by atoms with Crippen molar-refractivity contribution in [2.75, 3.05) is 5.73 Å². The number of nitrogen functional groups attached to an aromatic ring is 1. The van der Waals surface area contributed by atoms with Gasteiger partial charge in [-0.2, -0.15) is 0 Å². The van der Waals surface area contributed by atoms with E-state index in [4.69, 9.17) is 10.8 Å². The predicted molar refractivity (Wildman–Crippen MR) is 57.9 cm³/mol. The number of nitrogens with two attached hydrogens (primary N) is 1. The van der Waals surface area contributed by atoms with Crippen molar-refractivity contribution in [3.05, 3.63) is 28.6 Å². The molecule has 2 aromatic rings. The highest BCUT2D eigenvalue weighted by atomic mass is 32.1. The molecule has 1 aromatic carbocycles. The van der Waals surface area contributed by atoms with E-state index in [-0.39, 0.29) is 0 Å². The standard InChI is InChI=1S/C10H9NO2S/c1-5-4-14-9-6(10(12)13)2-3-7(11)8(5)9/h2-4H,11H2,1H3,(H,12,13). The summed E-state index contributed by atoms with van der Waals surface area (Å²) >= 11 is 1.42. The monoisotopic (exact) mass is 207 g/mol. The number of carboxylic acid groups (broad SMARTS) is 1. The Morgan fingerprint density at radius 1 is 1.50 bits per heavy atom. The fraction of sp³-hybridized carbons (Fsp3) is 0.100. The Kier molecular flexibility index (Phi) is 1.93. The second-order valence-corrected chi connectivity index (χ2v) is 4.01. The van der Waals surface area contributed by atoms with Crippen molar-refractivity contribution in [1.29, 1.82) is 0 Å². The maximum Gasteiger partial charge on any atom is 0.337 e. The van der Waals surface area contributed by atoms with Crippen LogP contribution in [0.3, 0.4) is 0 Å². The summed E-state index contributed by atoms with van der Waals surface area (Å²) in [6.07, 6.45) is 0. The van der Waals surface area contributed by atoms with Crippen LogP contribution in [0.1, 0.15) is 15.9 Å². The summed E-state index contributed by atoms with van der Waals surface area (Å²) in [5.74, 6) is -0.906. The lowest BCUT2D eigenvalue weighted by Crippen LogP contribution is -1.97. The van der Waals surface area contributed by atoms with Crippen LogP contribution < -0.4 is 5.73 Å². The Hall–Kier alpha value is -1.55. The minimum Gasteiger partial charge on any atom is -0.478 e. The van der Waals surface area contributed by atoms with Gasteiger partial charge in [-0.25, -0.2) is 4.79 Å². The number of aryl methyl sites for hydroxylation is 1. The summed E-state index contributed by atoms with van der Waals surface area (Å²) in [6, 6.07) is 3.20. The first-order chi connectivity index (χ1) is 6.61. The van der Waals surface area contributed by atoms with Crippen molar-refractivity contribution >= 4 is 33.1 Å². The summed E-state index contributed by atoms with van der Waals surface area (Å²) in [6.45, 7) is 1.93. The molecule has 3 nitrogen and oxygen atoms in total. The topological polar surface area (TPSA) is 63.3 Å². The number of hydrogen-bond acceptors (Lipinski definition) is 3. The molecule has 0 bridgehead atoms. The molecule has 0 radical (unpaired) electrons. The summed E-state index contributed by atoms with van der Waals surface area (Å²) in [4.78, 5) is 10.9. The Balaban J connectivity index is 2.90. The molecule has 72 valence electrons. The fourth-order valence-electron chi connectivity index (χ4n) is 1.50. The van der Waals surface area contributed by atoms with Gasteiger partial charge in [-0.15, -0.1) is 11.3 Å². The lowest BCUT2D eigenvalue weighted by atomic mass is 10.1. The molecule has 0 aliphatic rings. The normalized spacial score (nSPS) is 10.6. The maximum atomic E-state index is 10.9. The molecule has 0 spiro atoms. The first-order valence-corrected chi connectivity index (χ1v) is 4.99. The molecule has 0 unspecified atom stereocenters. The number of aromatic carboxylic acids is 1.